The summed E-state index contributed by atoms with van der Waals surface area (Å²) in [5.74, 6) is -0.260. The number of hydrogen-bond acceptors (Lipinski definition) is 11. The molecule has 2 aliphatic rings. The van der Waals surface area contributed by atoms with Gasteiger partial charge in [0.1, 0.15) is 19.0 Å². The van der Waals surface area contributed by atoms with Crippen LogP contribution in [-0.4, -0.2) is 132 Å². The Morgan fingerprint density at radius 1 is 0.836 bits per heavy atom. The summed E-state index contributed by atoms with van der Waals surface area (Å²) in [6.07, 6.45) is -1.47. The first-order chi connectivity index (χ1) is 26.9. The van der Waals surface area contributed by atoms with E-state index in [0.29, 0.717) is 52.3 Å². The third-order valence-electron chi connectivity index (χ3n) is 9.91. The van der Waals surface area contributed by atoms with Gasteiger partial charge in [0.05, 0.1) is 70.5 Å². The van der Waals surface area contributed by atoms with Crippen molar-refractivity contribution >= 4 is 12.0 Å². The fraction of sp³-hybridized carbons (Fsp3) is 0.524. The average molecular weight is 764 g/mol. The molecule has 300 valence electrons. The van der Waals surface area contributed by atoms with Gasteiger partial charge in [-0.05, 0) is 53.6 Å². The molecular weight excluding hydrogens is 706 g/mol. The molecule has 0 radical (unpaired) electrons. The summed E-state index contributed by atoms with van der Waals surface area (Å²) < 4.78 is 32.6. The molecule has 1 aliphatic carbocycles. The maximum atomic E-state index is 14.1. The molecule has 1 saturated heterocycles. The normalized spacial score (nSPS) is 18.5. The number of nitrogens with one attached hydrogen (secondary N) is 2. The maximum absolute atomic E-state index is 14.1. The number of alkyl carbamates (subject to hydrolysis) is 1. The van der Waals surface area contributed by atoms with Crippen molar-refractivity contribution in [3.05, 3.63) is 101 Å². The summed E-state index contributed by atoms with van der Waals surface area (Å²) in [6.45, 7) is 6.54. The molecule has 3 aromatic rings. The number of ether oxygens (including phenoxy) is 6. The van der Waals surface area contributed by atoms with Crippen molar-refractivity contribution in [1.29, 1.82) is 0 Å². The second kappa shape index (κ2) is 23.1. The molecule has 1 fully saturated rings. The number of amides is 2. The van der Waals surface area contributed by atoms with Gasteiger partial charge in [-0.3, -0.25) is 9.69 Å². The van der Waals surface area contributed by atoms with Gasteiger partial charge in [0.2, 0.25) is 5.91 Å². The highest BCUT2D eigenvalue weighted by Crippen LogP contribution is 2.32. The number of methoxy groups -OCH3 is 1. The van der Waals surface area contributed by atoms with Crippen LogP contribution in [0.15, 0.2) is 78.9 Å². The van der Waals surface area contributed by atoms with Crippen LogP contribution in [0, 0.1) is 5.92 Å². The minimum atomic E-state index is -1.12. The first kappa shape index (κ1) is 42.1. The van der Waals surface area contributed by atoms with Gasteiger partial charge in [0.15, 0.2) is 0 Å². The van der Waals surface area contributed by atoms with E-state index in [2.05, 4.69) is 15.5 Å². The van der Waals surface area contributed by atoms with E-state index in [9.17, 15) is 19.8 Å². The zero-order valence-electron chi connectivity index (χ0n) is 31.8. The van der Waals surface area contributed by atoms with Gasteiger partial charge in [-0.15, -0.1) is 0 Å². The third kappa shape index (κ3) is 14.2. The lowest BCUT2D eigenvalue weighted by atomic mass is 9.88. The van der Waals surface area contributed by atoms with Crippen LogP contribution in [0.4, 0.5) is 4.79 Å². The molecule has 1 aliphatic heterocycles. The topological polar surface area (TPSA) is 157 Å². The Kier molecular flexibility index (Phi) is 17.7. The molecule has 1 heterocycles. The van der Waals surface area contributed by atoms with E-state index in [1.165, 1.54) is 0 Å². The van der Waals surface area contributed by atoms with Gasteiger partial charge in [0, 0.05) is 39.1 Å². The minimum Gasteiger partial charge on any atom is -0.492 e. The molecule has 0 saturated carbocycles. The fourth-order valence-electron chi connectivity index (χ4n) is 6.88. The van der Waals surface area contributed by atoms with E-state index in [-0.39, 0.29) is 25.5 Å². The van der Waals surface area contributed by atoms with Crippen molar-refractivity contribution in [1.82, 2.24) is 15.5 Å². The smallest absolute Gasteiger partial charge is 0.407 e. The van der Waals surface area contributed by atoms with Crippen LogP contribution in [0.25, 0.3) is 0 Å². The number of morpholine rings is 1. The minimum absolute atomic E-state index is 0.0151. The Morgan fingerprint density at radius 2 is 1.51 bits per heavy atom. The molecule has 5 rings (SSSR count). The summed E-state index contributed by atoms with van der Waals surface area (Å²) in [5.41, 5.74) is 3.67. The van der Waals surface area contributed by atoms with Crippen LogP contribution >= 0.6 is 0 Å². The molecule has 3 aromatic carbocycles. The molecule has 0 aromatic heterocycles. The van der Waals surface area contributed by atoms with E-state index < -0.39 is 36.3 Å². The van der Waals surface area contributed by atoms with E-state index >= 15 is 0 Å². The number of aliphatic hydroxyl groups is 2. The molecule has 5 atom stereocenters. The largest absolute Gasteiger partial charge is 0.492 e. The van der Waals surface area contributed by atoms with Crippen LogP contribution in [-0.2, 0) is 47.7 Å². The van der Waals surface area contributed by atoms with Crippen LogP contribution < -0.4 is 15.4 Å². The van der Waals surface area contributed by atoms with Gasteiger partial charge < -0.3 is 49.3 Å². The highest BCUT2D eigenvalue weighted by Gasteiger charge is 2.35. The second-order valence-electron chi connectivity index (χ2n) is 13.9. The van der Waals surface area contributed by atoms with Crippen LogP contribution in [0.3, 0.4) is 0 Å². The fourth-order valence-corrected chi connectivity index (χ4v) is 6.88. The summed E-state index contributed by atoms with van der Waals surface area (Å²) >= 11 is 0. The van der Waals surface area contributed by atoms with Gasteiger partial charge >= 0.3 is 6.09 Å². The first-order valence-corrected chi connectivity index (χ1v) is 19.3. The second-order valence-corrected chi connectivity index (χ2v) is 13.9. The molecule has 0 bridgehead atoms. The molecule has 13 heteroatoms. The number of aliphatic hydroxyl groups excluding tert-OH is 2. The number of carbonyl (C=O) groups excluding carboxylic acids is 2. The summed E-state index contributed by atoms with van der Waals surface area (Å²) in [7, 11) is 1.61. The van der Waals surface area contributed by atoms with E-state index in [0.717, 1.165) is 60.9 Å². The van der Waals surface area contributed by atoms with Gasteiger partial charge in [-0.25, -0.2) is 4.79 Å². The molecule has 55 heavy (non-hydrogen) atoms. The Balaban J connectivity index is 1.23. The van der Waals surface area contributed by atoms with Gasteiger partial charge in [-0.1, -0.05) is 66.7 Å². The summed E-state index contributed by atoms with van der Waals surface area (Å²) in [5, 5.41) is 28.7. The Bertz CT molecular complexity index is 1560. The van der Waals surface area contributed by atoms with E-state index in [1.807, 2.05) is 78.9 Å². The van der Waals surface area contributed by atoms with Crippen molar-refractivity contribution < 1.29 is 48.2 Å². The average Bonchev–Trinajstić information content (AvgIpc) is 3.52. The lowest BCUT2D eigenvalue weighted by Gasteiger charge is -2.28. The lowest BCUT2D eigenvalue weighted by molar-refractivity contribution is -0.127. The standard InChI is InChI=1S/C42H57N3O10/c1-50-21-22-52-23-24-53-25-26-55-42(49)43-37(28-31-7-3-2-4-8-31)38(46)30-34(41(48)44-40-36-10-6-5-9-33(36)29-39(40)47)27-32-11-13-35(14-12-32)54-20-17-45-15-18-51-19-16-45/h2-14,34,37-40,46-47H,15-30H2,1H3,(H,43,49)(H,44,48). The Hall–Kier alpha value is -4.08. The quantitative estimate of drug-likeness (QED) is 0.105. The lowest BCUT2D eigenvalue weighted by Crippen LogP contribution is -2.47. The van der Waals surface area contributed by atoms with Gasteiger partial charge in [0.25, 0.3) is 0 Å². The predicted molar refractivity (Wildman–Crippen MR) is 206 cm³/mol. The molecule has 0 spiro atoms. The Labute approximate surface area is 324 Å². The number of nitrogens with zero attached hydrogens (tertiary/aromatic N) is 1. The number of hydrogen-bond donors (Lipinski definition) is 4. The third-order valence-corrected chi connectivity index (χ3v) is 9.91. The van der Waals surface area contributed by atoms with Crippen LogP contribution in [0.5, 0.6) is 5.75 Å². The number of fused-ring (bicyclic) bond motifs is 1. The van der Waals surface area contributed by atoms with Gasteiger partial charge in [-0.2, -0.15) is 0 Å². The zero-order valence-corrected chi connectivity index (χ0v) is 31.8. The van der Waals surface area contributed by atoms with Crippen molar-refractivity contribution in [3.63, 3.8) is 0 Å². The number of rotatable bonds is 23. The van der Waals surface area contributed by atoms with E-state index in [4.69, 9.17) is 28.4 Å². The maximum Gasteiger partial charge on any atom is 0.407 e. The van der Waals surface area contributed by atoms with E-state index in [1.54, 1.807) is 7.11 Å². The van der Waals surface area contributed by atoms with Crippen LogP contribution in [0.1, 0.15) is 34.7 Å². The monoisotopic (exact) mass is 763 g/mol. The Morgan fingerprint density at radius 3 is 2.25 bits per heavy atom. The molecular formula is C42H57N3O10. The van der Waals surface area contributed by atoms with Crippen LogP contribution in [0.2, 0.25) is 0 Å². The van der Waals surface area contributed by atoms with Crippen molar-refractivity contribution in [3.8, 4) is 5.75 Å². The zero-order chi connectivity index (χ0) is 38.7. The molecule has 4 N–H and O–H groups in total. The number of carbonyl (C=O) groups is 2. The number of benzene rings is 3. The first-order valence-electron chi connectivity index (χ1n) is 19.3. The highest BCUT2D eigenvalue weighted by atomic mass is 16.6. The summed E-state index contributed by atoms with van der Waals surface area (Å²) in [6, 6.07) is 23.5. The summed E-state index contributed by atoms with van der Waals surface area (Å²) in [4.78, 5) is 29.4. The predicted octanol–water partition coefficient (Wildman–Crippen LogP) is 3.10. The van der Waals surface area contributed by atoms with Crippen molar-refractivity contribution in [2.24, 2.45) is 5.92 Å². The highest BCUT2D eigenvalue weighted by molar-refractivity contribution is 5.80. The molecule has 5 unspecified atom stereocenters. The molecule has 2 amide bonds. The van der Waals surface area contributed by atoms with Crippen molar-refractivity contribution in [2.75, 3.05) is 86.2 Å². The SMILES string of the molecule is COCCOCCOCCOC(=O)NC(Cc1ccccc1)C(O)CC(Cc1ccc(OCCN2CCOCC2)cc1)C(=O)NC1c2ccccc2CC1O. The molecule has 13 nitrogen and oxygen atoms in total. The van der Waals surface area contributed by atoms with Crippen molar-refractivity contribution in [2.45, 2.75) is 50.0 Å².